The molecule has 0 N–H and O–H groups in total. The average Bonchev–Trinajstić information content (AvgIpc) is 2.74. The lowest BCUT2D eigenvalue weighted by Gasteiger charge is -2.30. The fourth-order valence-electron chi connectivity index (χ4n) is 3.27. The number of hydrogen-bond acceptors (Lipinski definition) is 3. The molecule has 0 saturated carbocycles. The normalized spacial score (nSPS) is 27.2. The second-order valence-electron chi connectivity index (χ2n) is 5.74. The highest BCUT2D eigenvalue weighted by Crippen LogP contribution is 2.20. The average molecular weight is 258 g/mol. The predicted molar refractivity (Wildman–Crippen MR) is 76.2 cm³/mol. The third kappa shape index (κ3) is 3.23. The Labute approximate surface area is 115 Å². The van der Waals surface area contributed by atoms with Gasteiger partial charge in [0.05, 0.1) is 6.54 Å². The van der Waals surface area contributed by atoms with Crippen LogP contribution >= 0.6 is 0 Å². The van der Waals surface area contributed by atoms with Gasteiger partial charge in [-0.25, -0.2) is 0 Å². The minimum atomic E-state index is 0.353. The molecule has 3 saturated heterocycles. The molecular weight excluding hydrogens is 236 g/mol. The highest BCUT2D eigenvalue weighted by molar-refractivity contribution is 5.82. The van der Waals surface area contributed by atoms with Gasteiger partial charge in [0.15, 0.2) is 5.78 Å². The molecule has 4 rings (SSSR count). The Morgan fingerprint density at radius 3 is 2.53 bits per heavy atom. The third-order valence-electron chi connectivity index (χ3n) is 4.40. The summed E-state index contributed by atoms with van der Waals surface area (Å²) in [5, 5.41) is 0. The second-order valence-corrected chi connectivity index (χ2v) is 5.74. The Balaban J connectivity index is 1.57. The molecule has 1 aromatic rings. The molecule has 3 aliphatic rings. The smallest absolute Gasteiger partial charge is 0.151 e. The van der Waals surface area contributed by atoms with Gasteiger partial charge in [-0.2, -0.15) is 0 Å². The summed E-state index contributed by atoms with van der Waals surface area (Å²) in [5.41, 5.74) is 1.13. The van der Waals surface area contributed by atoms with Crippen molar-refractivity contribution in [1.82, 2.24) is 9.80 Å². The maximum absolute atomic E-state index is 12.2. The van der Waals surface area contributed by atoms with Crippen LogP contribution in [-0.2, 0) is 11.2 Å². The number of carbonyl (C=O) groups excluding carboxylic acids is 1. The first-order valence-corrected chi connectivity index (χ1v) is 7.33. The van der Waals surface area contributed by atoms with Crippen molar-refractivity contribution in [2.45, 2.75) is 25.3 Å². The molecule has 3 nitrogen and oxygen atoms in total. The van der Waals surface area contributed by atoms with Crippen molar-refractivity contribution in [3.8, 4) is 0 Å². The summed E-state index contributed by atoms with van der Waals surface area (Å²) in [6.07, 6.45) is 3.05. The molecule has 0 aromatic heterocycles. The topological polar surface area (TPSA) is 23.6 Å². The Hall–Kier alpha value is -1.19. The van der Waals surface area contributed by atoms with Crippen molar-refractivity contribution in [2.75, 3.05) is 32.7 Å². The molecule has 3 fully saturated rings. The molecule has 1 aromatic carbocycles. The van der Waals surface area contributed by atoms with E-state index in [-0.39, 0.29) is 0 Å². The third-order valence-corrected chi connectivity index (χ3v) is 4.40. The van der Waals surface area contributed by atoms with Gasteiger partial charge in [0.2, 0.25) is 0 Å². The van der Waals surface area contributed by atoms with Crippen LogP contribution < -0.4 is 0 Å². The zero-order valence-corrected chi connectivity index (χ0v) is 11.4. The van der Waals surface area contributed by atoms with Crippen LogP contribution in [-0.4, -0.2) is 54.3 Å². The van der Waals surface area contributed by atoms with Crippen molar-refractivity contribution in [2.24, 2.45) is 0 Å². The number of carbonyl (C=O) groups is 1. The van der Waals surface area contributed by atoms with Gasteiger partial charge in [-0.05, 0) is 31.5 Å². The summed E-state index contributed by atoms with van der Waals surface area (Å²) in [5.74, 6) is 0.353. The molecule has 0 atom stereocenters. The van der Waals surface area contributed by atoms with Crippen LogP contribution in [0.3, 0.4) is 0 Å². The molecule has 3 heterocycles. The first-order valence-electron chi connectivity index (χ1n) is 7.33. The van der Waals surface area contributed by atoms with Crippen LogP contribution in [0.5, 0.6) is 0 Å². The van der Waals surface area contributed by atoms with E-state index in [1.807, 2.05) is 30.3 Å². The Morgan fingerprint density at radius 2 is 1.79 bits per heavy atom. The molecule has 0 aliphatic carbocycles. The van der Waals surface area contributed by atoms with Gasteiger partial charge < -0.3 is 4.90 Å². The van der Waals surface area contributed by atoms with Crippen molar-refractivity contribution in [1.29, 1.82) is 0 Å². The highest BCUT2D eigenvalue weighted by Gasteiger charge is 2.29. The van der Waals surface area contributed by atoms with Crippen LogP contribution in [0.2, 0.25) is 0 Å². The van der Waals surface area contributed by atoms with Gasteiger partial charge in [0.25, 0.3) is 0 Å². The number of ketones is 1. The number of benzene rings is 1. The summed E-state index contributed by atoms with van der Waals surface area (Å²) in [4.78, 5) is 17.2. The minimum absolute atomic E-state index is 0.353. The fraction of sp³-hybridized carbons (Fsp3) is 0.562. The number of Topliss-reactive ketones (excluding diaryl/α,β-unsaturated/α-hetero) is 1. The lowest BCUT2D eigenvalue weighted by Crippen LogP contribution is -2.40. The van der Waals surface area contributed by atoms with E-state index in [0.29, 0.717) is 24.8 Å². The van der Waals surface area contributed by atoms with E-state index in [1.54, 1.807) is 0 Å². The molecule has 19 heavy (non-hydrogen) atoms. The highest BCUT2D eigenvalue weighted by atomic mass is 16.1. The van der Waals surface area contributed by atoms with Gasteiger partial charge in [-0.3, -0.25) is 9.69 Å². The van der Waals surface area contributed by atoms with Crippen LogP contribution in [0, 0.1) is 0 Å². The Morgan fingerprint density at radius 1 is 1.05 bits per heavy atom. The summed E-state index contributed by atoms with van der Waals surface area (Å²) in [6.45, 7) is 5.26. The van der Waals surface area contributed by atoms with E-state index in [1.165, 1.54) is 25.9 Å². The first-order chi connectivity index (χ1) is 9.31. The lowest BCUT2D eigenvalue weighted by molar-refractivity contribution is -0.120. The van der Waals surface area contributed by atoms with Crippen molar-refractivity contribution in [3.05, 3.63) is 35.9 Å². The van der Waals surface area contributed by atoms with Gasteiger partial charge >= 0.3 is 0 Å². The summed E-state index contributed by atoms with van der Waals surface area (Å²) < 4.78 is 0. The SMILES string of the molecule is O=C(Cc1ccccc1)CN1CCN2CCC1CC2. The van der Waals surface area contributed by atoms with Gasteiger partial charge in [0, 0.05) is 25.6 Å². The van der Waals surface area contributed by atoms with E-state index in [2.05, 4.69) is 9.80 Å². The largest absolute Gasteiger partial charge is 0.302 e. The van der Waals surface area contributed by atoms with Crippen molar-refractivity contribution in [3.63, 3.8) is 0 Å². The van der Waals surface area contributed by atoms with Crippen LogP contribution in [0.4, 0.5) is 0 Å². The van der Waals surface area contributed by atoms with E-state index < -0.39 is 0 Å². The van der Waals surface area contributed by atoms with Crippen LogP contribution in [0.15, 0.2) is 30.3 Å². The van der Waals surface area contributed by atoms with Gasteiger partial charge in [-0.15, -0.1) is 0 Å². The number of piperidine rings is 1. The summed E-state index contributed by atoms with van der Waals surface area (Å²) >= 11 is 0. The van der Waals surface area contributed by atoms with Gasteiger partial charge in [0.1, 0.15) is 0 Å². The van der Waals surface area contributed by atoms with E-state index in [0.717, 1.165) is 18.7 Å². The van der Waals surface area contributed by atoms with E-state index >= 15 is 0 Å². The molecule has 2 bridgehead atoms. The molecule has 3 heteroatoms. The number of fused-ring (bicyclic) bond motifs is 4. The van der Waals surface area contributed by atoms with E-state index in [4.69, 9.17) is 0 Å². The lowest BCUT2D eigenvalue weighted by atomic mass is 10.0. The predicted octanol–water partition coefficient (Wildman–Crippen LogP) is 1.58. The number of nitrogens with zero attached hydrogens (tertiary/aromatic N) is 2. The zero-order valence-electron chi connectivity index (χ0n) is 11.4. The minimum Gasteiger partial charge on any atom is -0.302 e. The van der Waals surface area contributed by atoms with Gasteiger partial charge in [-0.1, -0.05) is 30.3 Å². The monoisotopic (exact) mass is 258 g/mol. The summed E-state index contributed by atoms with van der Waals surface area (Å²) in [7, 11) is 0. The quantitative estimate of drug-likeness (QED) is 0.819. The molecule has 102 valence electrons. The molecule has 0 amide bonds. The standard InChI is InChI=1S/C16H22N2O/c19-16(12-14-4-2-1-3-5-14)13-18-11-10-17-8-6-15(18)7-9-17/h1-5,15H,6-13H2. The molecule has 0 radical (unpaired) electrons. The van der Waals surface area contributed by atoms with Crippen LogP contribution in [0.25, 0.3) is 0 Å². The Kier molecular flexibility index (Phi) is 3.95. The van der Waals surface area contributed by atoms with E-state index in [9.17, 15) is 4.79 Å². The molecular formula is C16H22N2O. The zero-order chi connectivity index (χ0) is 13.1. The fourth-order valence-corrected chi connectivity index (χ4v) is 3.27. The van der Waals surface area contributed by atoms with Crippen molar-refractivity contribution >= 4 is 5.78 Å². The molecule has 0 unspecified atom stereocenters. The second kappa shape index (κ2) is 5.85. The first kappa shape index (κ1) is 12.8. The molecule has 3 aliphatic heterocycles. The Bertz CT molecular complexity index is 424. The van der Waals surface area contributed by atoms with Crippen molar-refractivity contribution < 1.29 is 4.79 Å². The number of rotatable bonds is 4. The summed E-state index contributed by atoms with van der Waals surface area (Å²) in [6, 6.07) is 10.7. The number of hydrogen-bond donors (Lipinski definition) is 0. The molecule has 0 spiro atoms. The van der Waals surface area contributed by atoms with Crippen LogP contribution in [0.1, 0.15) is 18.4 Å². The maximum Gasteiger partial charge on any atom is 0.151 e. The maximum atomic E-state index is 12.2.